The van der Waals surface area contributed by atoms with Crippen molar-refractivity contribution in [3.63, 3.8) is 0 Å². The Kier molecular flexibility index (Phi) is 3.55. The molecule has 2 nitrogen and oxygen atoms in total. The summed E-state index contributed by atoms with van der Waals surface area (Å²) in [6.07, 6.45) is -0.593. The van der Waals surface area contributed by atoms with E-state index in [9.17, 15) is 18.0 Å². The maximum absolute atomic E-state index is 11.8. The molecule has 0 unspecified atom stereocenters. The zero-order valence-electron chi connectivity index (χ0n) is 7.68. The van der Waals surface area contributed by atoms with Crippen LogP contribution in [0.25, 0.3) is 0 Å². The van der Waals surface area contributed by atoms with Gasteiger partial charge in [0.05, 0.1) is 0 Å². The minimum absolute atomic E-state index is 0.107. The number of halogens is 3. The third kappa shape index (κ3) is 3.81. The lowest BCUT2D eigenvalue weighted by molar-refractivity contribution is -0.128. The fourth-order valence-corrected chi connectivity index (χ4v) is 1.34. The van der Waals surface area contributed by atoms with Crippen molar-refractivity contribution < 1.29 is 18.0 Å². The Balaban J connectivity index is 2.57. The van der Waals surface area contributed by atoms with Gasteiger partial charge in [-0.2, -0.15) is 13.2 Å². The Morgan fingerprint density at radius 2 is 1.93 bits per heavy atom. The van der Waals surface area contributed by atoms with E-state index in [-0.39, 0.29) is 12.0 Å². The van der Waals surface area contributed by atoms with E-state index in [1.807, 2.05) is 0 Å². The van der Waals surface area contributed by atoms with Crippen LogP contribution in [-0.4, -0.2) is 23.5 Å². The Labute approximate surface area is 80.4 Å². The molecule has 1 rings (SSSR count). The van der Waals surface area contributed by atoms with Crippen molar-refractivity contribution in [2.75, 3.05) is 6.54 Å². The van der Waals surface area contributed by atoms with Crippen molar-refractivity contribution in [2.24, 2.45) is 0 Å². The highest BCUT2D eigenvalue weighted by Crippen LogP contribution is 2.18. The SMILES string of the molecule is O=C1CCCCCN1/C=C/C(F)(F)F. The second kappa shape index (κ2) is 4.48. The quantitative estimate of drug-likeness (QED) is 0.646. The minimum Gasteiger partial charge on any atom is -0.319 e. The second-order valence-corrected chi connectivity index (χ2v) is 3.26. The summed E-state index contributed by atoms with van der Waals surface area (Å²) in [7, 11) is 0. The van der Waals surface area contributed by atoms with E-state index in [2.05, 4.69) is 0 Å². The summed E-state index contributed by atoms with van der Waals surface area (Å²) in [5.41, 5.74) is 0. The fraction of sp³-hybridized carbons (Fsp3) is 0.667. The zero-order chi connectivity index (χ0) is 10.6. The molecule has 0 bridgehead atoms. The molecular formula is C9H12F3NO. The van der Waals surface area contributed by atoms with Crippen molar-refractivity contribution in [3.8, 4) is 0 Å². The summed E-state index contributed by atoms with van der Waals surface area (Å²) in [6, 6.07) is 0. The van der Waals surface area contributed by atoms with Crippen molar-refractivity contribution in [1.29, 1.82) is 0 Å². The lowest BCUT2D eigenvalue weighted by atomic mass is 10.2. The number of allylic oxidation sites excluding steroid dienone is 1. The minimum atomic E-state index is -4.34. The first-order valence-corrected chi connectivity index (χ1v) is 4.54. The van der Waals surface area contributed by atoms with E-state index in [4.69, 9.17) is 0 Å². The number of hydrogen-bond acceptors (Lipinski definition) is 1. The molecule has 1 aliphatic heterocycles. The Hall–Kier alpha value is -1.00. The summed E-state index contributed by atoms with van der Waals surface area (Å²) >= 11 is 0. The molecule has 1 fully saturated rings. The standard InChI is InChI=1S/C9H12F3NO/c10-9(11,12)5-7-13-6-3-1-2-4-8(13)14/h5,7H,1-4,6H2/b7-5+. The lowest BCUT2D eigenvalue weighted by Crippen LogP contribution is -2.25. The van der Waals surface area contributed by atoms with Crippen molar-refractivity contribution in [3.05, 3.63) is 12.3 Å². The van der Waals surface area contributed by atoms with Gasteiger partial charge in [0.2, 0.25) is 5.91 Å². The Morgan fingerprint density at radius 3 is 2.57 bits per heavy atom. The molecule has 0 aromatic carbocycles. The molecule has 80 valence electrons. The number of nitrogens with zero attached hydrogens (tertiary/aromatic N) is 1. The zero-order valence-corrected chi connectivity index (χ0v) is 7.68. The third-order valence-electron chi connectivity index (χ3n) is 2.05. The van der Waals surface area contributed by atoms with Crippen LogP contribution in [0.5, 0.6) is 0 Å². The highest BCUT2D eigenvalue weighted by atomic mass is 19.4. The van der Waals surface area contributed by atoms with Crippen LogP contribution < -0.4 is 0 Å². The normalized spacial score (nSPS) is 20.2. The average Bonchev–Trinajstić information content (AvgIpc) is 2.25. The van der Waals surface area contributed by atoms with E-state index < -0.39 is 6.18 Å². The maximum atomic E-state index is 11.8. The van der Waals surface area contributed by atoms with E-state index in [1.165, 1.54) is 0 Å². The first kappa shape index (κ1) is 11.1. The maximum Gasteiger partial charge on any atom is 0.411 e. The van der Waals surface area contributed by atoms with Gasteiger partial charge in [-0.05, 0) is 12.8 Å². The number of hydrogen-bond donors (Lipinski definition) is 0. The third-order valence-corrected chi connectivity index (χ3v) is 2.05. The fourth-order valence-electron chi connectivity index (χ4n) is 1.34. The van der Waals surface area contributed by atoms with E-state index in [0.29, 0.717) is 13.0 Å². The molecule has 0 radical (unpaired) electrons. The van der Waals surface area contributed by atoms with Crippen LogP contribution >= 0.6 is 0 Å². The van der Waals surface area contributed by atoms with Gasteiger partial charge in [-0.3, -0.25) is 4.79 Å². The van der Waals surface area contributed by atoms with Crippen LogP contribution in [0.3, 0.4) is 0 Å². The van der Waals surface area contributed by atoms with E-state index in [1.54, 1.807) is 0 Å². The summed E-state index contributed by atoms with van der Waals surface area (Å²) in [5, 5.41) is 0. The number of likely N-dealkylation sites (tertiary alicyclic amines) is 1. The molecule has 0 N–H and O–H groups in total. The van der Waals surface area contributed by atoms with Gasteiger partial charge in [-0.25, -0.2) is 0 Å². The van der Waals surface area contributed by atoms with Crippen molar-refractivity contribution in [1.82, 2.24) is 4.90 Å². The molecule has 1 heterocycles. The molecule has 0 spiro atoms. The topological polar surface area (TPSA) is 20.3 Å². The number of alkyl halides is 3. The highest BCUT2D eigenvalue weighted by Gasteiger charge is 2.23. The molecular weight excluding hydrogens is 195 g/mol. The van der Waals surface area contributed by atoms with Crippen molar-refractivity contribution >= 4 is 5.91 Å². The number of rotatable bonds is 1. The first-order valence-electron chi connectivity index (χ1n) is 4.54. The van der Waals surface area contributed by atoms with Crippen LogP contribution in [0.2, 0.25) is 0 Å². The van der Waals surface area contributed by atoms with Gasteiger partial charge in [-0.1, -0.05) is 6.42 Å². The predicted molar refractivity (Wildman–Crippen MR) is 45.4 cm³/mol. The molecule has 0 aromatic heterocycles. The number of amides is 1. The Bertz CT molecular complexity index is 235. The average molecular weight is 207 g/mol. The molecule has 0 aromatic rings. The molecule has 14 heavy (non-hydrogen) atoms. The Morgan fingerprint density at radius 1 is 1.21 bits per heavy atom. The van der Waals surface area contributed by atoms with Gasteiger partial charge in [0.25, 0.3) is 0 Å². The molecule has 1 aliphatic rings. The molecule has 0 saturated carbocycles. The highest BCUT2D eigenvalue weighted by molar-refractivity contribution is 5.77. The van der Waals surface area contributed by atoms with Gasteiger partial charge in [0, 0.05) is 25.2 Å². The van der Waals surface area contributed by atoms with Crippen LogP contribution in [0.1, 0.15) is 25.7 Å². The summed E-state index contributed by atoms with van der Waals surface area (Å²) in [6.45, 7) is 0.394. The molecule has 1 amide bonds. The largest absolute Gasteiger partial charge is 0.411 e. The molecule has 0 atom stereocenters. The summed E-state index contributed by atoms with van der Waals surface area (Å²) < 4.78 is 35.4. The van der Waals surface area contributed by atoms with Gasteiger partial charge in [0.1, 0.15) is 0 Å². The molecule has 5 heteroatoms. The van der Waals surface area contributed by atoms with E-state index >= 15 is 0 Å². The summed E-state index contributed by atoms with van der Waals surface area (Å²) in [5.74, 6) is -0.219. The van der Waals surface area contributed by atoms with E-state index in [0.717, 1.165) is 30.4 Å². The molecule has 1 saturated heterocycles. The number of carbonyl (C=O) groups is 1. The monoisotopic (exact) mass is 207 g/mol. The predicted octanol–water partition coefficient (Wildman–Crippen LogP) is 2.47. The van der Waals surface area contributed by atoms with Crippen molar-refractivity contribution in [2.45, 2.75) is 31.9 Å². The van der Waals surface area contributed by atoms with Gasteiger partial charge in [0.15, 0.2) is 0 Å². The van der Waals surface area contributed by atoms with Crippen LogP contribution in [-0.2, 0) is 4.79 Å². The van der Waals surface area contributed by atoms with Crippen LogP contribution in [0, 0.1) is 0 Å². The van der Waals surface area contributed by atoms with Crippen LogP contribution in [0.4, 0.5) is 13.2 Å². The molecule has 0 aliphatic carbocycles. The van der Waals surface area contributed by atoms with Gasteiger partial charge >= 0.3 is 6.18 Å². The second-order valence-electron chi connectivity index (χ2n) is 3.26. The number of carbonyl (C=O) groups excluding carboxylic acids is 1. The van der Waals surface area contributed by atoms with Gasteiger partial charge in [-0.15, -0.1) is 0 Å². The smallest absolute Gasteiger partial charge is 0.319 e. The first-order chi connectivity index (χ1) is 6.49. The van der Waals surface area contributed by atoms with Crippen LogP contribution in [0.15, 0.2) is 12.3 Å². The summed E-state index contributed by atoms with van der Waals surface area (Å²) in [4.78, 5) is 12.4. The lowest BCUT2D eigenvalue weighted by Gasteiger charge is -2.15. The van der Waals surface area contributed by atoms with Gasteiger partial charge < -0.3 is 4.90 Å².